The fraction of sp³-hybridized carbons (Fsp3) is 0.636. The molecule has 0 saturated carbocycles. The average Bonchev–Trinajstić information content (AvgIpc) is 2.62. The molecule has 0 atom stereocenters. The van der Waals surface area contributed by atoms with Crippen LogP contribution in [0.5, 0.6) is 0 Å². The smallest absolute Gasteiger partial charge is 0.239 e. The van der Waals surface area contributed by atoms with E-state index in [1.807, 2.05) is 24.3 Å². The number of hydrogen-bond donors (Lipinski definition) is 2. The molecule has 0 unspecified atom stereocenters. The van der Waals surface area contributed by atoms with E-state index >= 15 is 0 Å². The number of benzene rings is 1. The zero-order valence-electron chi connectivity index (χ0n) is 17.5. The molecular formula is C22H35N3O2. The molecule has 1 aromatic carbocycles. The number of carbonyl (C=O) groups excluding carboxylic acids is 2. The standard InChI is InChI=1S/C22H35N3O2/c1-16(2)10-13-23-20(26)22(4,5)21(27)24-18-6-8-19(9-7-18)25-14-11-17(3)12-15-25/h6-9,16-17H,10-15H2,1-5H3,(H,23,26)(H,24,27). The highest BCUT2D eigenvalue weighted by Gasteiger charge is 2.35. The Balaban J connectivity index is 1.91. The van der Waals surface area contributed by atoms with Crippen LogP contribution in [0, 0.1) is 17.3 Å². The van der Waals surface area contributed by atoms with Crippen LogP contribution in [-0.4, -0.2) is 31.4 Å². The summed E-state index contributed by atoms with van der Waals surface area (Å²) in [6, 6.07) is 7.92. The lowest BCUT2D eigenvalue weighted by Gasteiger charge is -2.32. The SMILES string of the molecule is CC(C)CCNC(=O)C(C)(C)C(=O)Nc1ccc(N2CCC(C)CC2)cc1. The van der Waals surface area contributed by atoms with Gasteiger partial charge in [-0.2, -0.15) is 0 Å². The molecule has 2 rings (SSSR count). The highest BCUT2D eigenvalue weighted by molar-refractivity contribution is 6.09. The minimum Gasteiger partial charge on any atom is -0.372 e. The van der Waals surface area contributed by atoms with E-state index in [1.54, 1.807) is 13.8 Å². The van der Waals surface area contributed by atoms with E-state index in [-0.39, 0.29) is 11.8 Å². The van der Waals surface area contributed by atoms with Gasteiger partial charge in [0.15, 0.2) is 0 Å². The summed E-state index contributed by atoms with van der Waals surface area (Å²) in [5.41, 5.74) is 0.793. The first-order chi connectivity index (χ1) is 12.7. The number of carbonyl (C=O) groups is 2. The van der Waals surface area contributed by atoms with Crippen molar-refractivity contribution < 1.29 is 9.59 Å². The van der Waals surface area contributed by atoms with Crippen LogP contribution in [0.3, 0.4) is 0 Å². The minimum absolute atomic E-state index is 0.236. The van der Waals surface area contributed by atoms with E-state index in [0.717, 1.165) is 31.1 Å². The summed E-state index contributed by atoms with van der Waals surface area (Å²) in [5, 5.41) is 5.75. The van der Waals surface area contributed by atoms with Crippen LogP contribution < -0.4 is 15.5 Å². The number of nitrogens with zero attached hydrogens (tertiary/aromatic N) is 1. The Morgan fingerprint density at radius 1 is 1.11 bits per heavy atom. The fourth-order valence-corrected chi connectivity index (χ4v) is 3.11. The molecule has 1 aliphatic heterocycles. The molecule has 1 heterocycles. The Labute approximate surface area is 163 Å². The van der Waals surface area contributed by atoms with Crippen LogP contribution in [-0.2, 0) is 9.59 Å². The third-order valence-electron chi connectivity index (χ3n) is 5.42. The Hall–Kier alpha value is -2.04. The van der Waals surface area contributed by atoms with E-state index in [2.05, 4.69) is 36.3 Å². The van der Waals surface area contributed by atoms with Crippen molar-refractivity contribution in [1.82, 2.24) is 5.32 Å². The van der Waals surface area contributed by atoms with Gasteiger partial charge in [-0.15, -0.1) is 0 Å². The van der Waals surface area contributed by atoms with Gasteiger partial charge < -0.3 is 15.5 Å². The molecule has 0 bridgehead atoms. The zero-order chi connectivity index (χ0) is 20.0. The van der Waals surface area contributed by atoms with Crippen molar-refractivity contribution >= 4 is 23.2 Å². The molecule has 1 aliphatic rings. The Morgan fingerprint density at radius 2 is 1.70 bits per heavy atom. The van der Waals surface area contributed by atoms with E-state index < -0.39 is 5.41 Å². The van der Waals surface area contributed by atoms with Gasteiger partial charge in [0, 0.05) is 31.0 Å². The molecule has 0 aromatic heterocycles. The van der Waals surface area contributed by atoms with Gasteiger partial charge in [0.25, 0.3) is 0 Å². The minimum atomic E-state index is -1.11. The normalized spacial score (nSPS) is 15.7. The average molecular weight is 374 g/mol. The highest BCUT2D eigenvalue weighted by Crippen LogP contribution is 2.25. The number of piperidine rings is 1. The fourth-order valence-electron chi connectivity index (χ4n) is 3.11. The third-order valence-corrected chi connectivity index (χ3v) is 5.42. The predicted molar refractivity (Wildman–Crippen MR) is 112 cm³/mol. The van der Waals surface area contributed by atoms with Gasteiger partial charge in [-0.05, 0) is 69.2 Å². The Bertz CT molecular complexity index is 629. The van der Waals surface area contributed by atoms with Crippen molar-refractivity contribution in [3.63, 3.8) is 0 Å². The molecule has 0 spiro atoms. The second-order valence-electron chi connectivity index (χ2n) is 8.73. The Kier molecular flexibility index (Phi) is 7.28. The van der Waals surface area contributed by atoms with Crippen molar-refractivity contribution in [1.29, 1.82) is 0 Å². The van der Waals surface area contributed by atoms with Crippen LogP contribution in [0.4, 0.5) is 11.4 Å². The van der Waals surface area contributed by atoms with Crippen molar-refractivity contribution in [2.75, 3.05) is 29.9 Å². The summed E-state index contributed by atoms with van der Waals surface area (Å²) in [6.45, 7) is 12.6. The monoisotopic (exact) mass is 373 g/mol. The molecule has 0 radical (unpaired) electrons. The molecule has 27 heavy (non-hydrogen) atoms. The maximum absolute atomic E-state index is 12.6. The highest BCUT2D eigenvalue weighted by atomic mass is 16.2. The summed E-state index contributed by atoms with van der Waals surface area (Å²) in [6.07, 6.45) is 3.34. The Morgan fingerprint density at radius 3 is 2.26 bits per heavy atom. The summed E-state index contributed by atoms with van der Waals surface area (Å²) in [4.78, 5) is 27.4. The lowest BCUT2D eigenvalue weighted by atomic mass is 9.90. The molecule has 150 valence electrons. The quantitative estimate of drug-likeness (QED) is 0.709. The van der Waals surface area contributed by atoms with Gasteiger partial charge >= 0.3 is 0 Å². The number of amides is 2. The van der Waals surface area contributed by atoms with Gasteiger partial charge in [0.2, 0.25) is 11.8 Å². The maximum atomic E-state index is 12.6. The first-order valence-electron chi connectivity index (χ1n) is 10.1. The van der Waals surface area contributed by atoms with Crippen LogP contribution in [0.2, 0.25) is 0 Å². The van der Waals surface area contributed by atoms with E-state index in [1.165, 1.54) is 18.5 Å². The molecular weight excluding hydrogens is 338 g/mol. The number of anilines is 2. The van der Waals surface area contributed by atoms with Crippen LogP contribution in [0.1, 0.15) is 53.9 Å². The van der Waals surface area contributed by atoms with Crippen LogP contribution >= 0.6 is 0 Å². The predicted octanol–water partition coefficient (Wildman–Crippen LogP) is 4.05. The molecule has 1 aromatic rings. The van der Waals surface area contributed by atoms with Crippen molar-refractivity contribution in [3.8, 4) is 0 Å². The van der Waals surface area contributed by atoms with Crippen molar-refractivity contribution in [2.24, 2.45) is 17.3 Å². The summed E-state index contributed by atoms with van der Waals surface area (Å²) in [7, 11) is 0. The van der Waals surface area contributed by atoms with E-state index in [4.69, 9.17) is 0 Å². The van der Waals surface area contributed by atoms with Crippen molar-refractivity contribution in [2.45, 2.75) is 53.9 Å². The summed E-state index contributed by atoms with van der Waals surface area (Å²) >= 11 is 0. The van der Waals surface area contributed by atoms with Gasteiger partial charge in [0.05, 0.1) is 0 Å². The largest absolute Gasteiger partial charge is 0.372 e. The second-order valence-corrected chi connectivity index (χ2v) is 8.73. The number of nitrogens with one attached hydrogen (secondary N) is 2. The van der Waals surface area contributed by atoms with E-state index in [9.17, 15) is 9.59 Å². The molecule has 1 saturated heterocycles. The maximum Gasteiger partial charge on any atom is 0.239 e. The molecule has 1 fully saturated rings. The van der Waals surface area contributed by atoms with Crippen LogP contribution in [0.25, 0.3) is 0 Å². The molecule has 2 N–H and O–H groups in total. The van der Waals surface area contributed by atoms with Crippen molar-refractivity contribution in [3.05, 3.63) is 24.3 Å². The molecule has 5 nitrogen and oxygen atoms in total. The van der Waals surface area contributed by atoms with E-state index in [0.29, 0.717) is 12.5 Å². The molecule has 5 heteroatoms. The van der Waals surface area contributed by atoms with Gasteiger partial charge in [-0.25, -0.2) is 0 Å². The summed E-state index contributed by atoms with van der Waals surface area (Å²) in [5.74, 6) is 0.793. The molecule has 2 amide bonds. The second kappa shape index (κ2) is 9.25. The lowest BCUT2D eigenvalue weighted by molar-refractivity contribution is -0.138. The summed E-state index contributed by atoms with van der Waals surface area (Å²) < 4.78 is 0. The first kappa shape index (κ1) is 21.3. The number of rotatable bonds is 7. The molecule has 0 aliphatic carbocycles. The zero-order valence-corrected chi connectivity index (χ0v) is 17.5. The topological polar surface area (TPSA) is 61.4 Å². The lowest BCUT2D eigenvalue weighted by Crippen LogP contribution is -2.45. The van der Waals surface area contributed by atoms with Gasteiger partial charge in [0.1, 0.15) is 5.41 Å². The van der Waals surface area contributed by atoms with Crippen LogP contribution in [0.15, 0.2) is 24.3 Å². The van der Waals surface area contributed by atoms with Gasteiger partial charge in [-0.3, -0.25) is 9.59 Å². The number of hydrogen-bond acceptors (Lipinski definition) is 3. The van der Waals surface area contributed by atoms with Gasteiger partial charge in [-0.1, -0.05) is 20.8 Å². The third kappa shape index (κ3) is 5.98. The first-order valence-corrected chi connectivity index (χ1v) is 10.1.